The van der Waals surface area contributed by atoms with Crippen molar-refractivity contribution in [3.63, 3.8) is 0 Å². The van der Waals surface area contributed by atoms with Crippen LogP contribution in [0.2, 0.25) is 0 Å². The van der Waals surface area contributed by atoms with Gasteiger partial charge in [0.15, 0.2) is 0 Å². The molecule has 0 saturated heterocycles. The Morgan fingerprint density at radius 2 is 1.95 bits per heavy atom. The van der Waals surface area contributed by atoms with Crippen molar-refractivity contribution in [1.29, 1.82) is 0 Å². The molecule has 0 heterocycles. The molecule has 1 aliphatic carbocycles. The van der Waals surface area contributed by atoms with E-state index in [1.54, 1.807) is 0 Å². The third-order valence-corrected chi connectivity index (χ3v) is 4.58. The van der Waals surface area contributed by atoms with Gasteiger partial charge in [-0.15, -0.1) is 0 Å². The highest BCUT2D eigenvalue weighted by Gasteiger charge is 2.21. The molecule has 0 spiro atoms. The fourth-order valence-corrected chi connectivity index (χ4v) is 3.49. The van der Waals surface area contributed by atoms with Crippen LogP contribution in [0.4, 0.5) is 0 Å². The Morgan fingerprint density at radius 1 is 1.15 bits per heavy atom. The van der Waals surface area contributed by atoms with Crippen LogP contribution in [0.25, 0.3) is 0 Å². The van der Waals surface area contributed by atoms with Crippen LogP contribution < -0.4 is 5.32 Å². The molecule has 1 aromatic rings. The summed E-state index contributed by atoms with van der Waals surface area (Å²) in [5.41, 5.74) is 3.01. The minimum absolute atomic E-state index is 0.565. The summed E-state index contributed by atoms with van der Waals surface area (Å²) in [6.45, 7) is 5.65. The summed E-state index contributed by atoms with van der Waals surface area (Å²) in [5, 5.41) is 3.78. The maximum Gasteiger partial charge on any atom is 0.0322 e. The summed E-state index contributed by atoms with van der Waals surface area (Å²) in [7, 11) is 0. The minimum atomic E-state index is 0.565. The molecule has 1 aromatic carbocycles. The molecule has 0 aromatic heterocycles. The van der Waals surface area contributed by atoms with Gasteiger partial charge in [-0.25, -0.2) is 0 Å². The number of aryl methyl sites for hydroxylation is 1. The molecular formula is C19H31N. The maximum atomic E-state index is 3.78. The van der Waals surface area contributed by atoms with Crippen molar-refractivity contribution in [3.05, 3.63) is 35.4 Å². The lowest BCUT2D eigenvalue weighted by Crippen LogP contribution is -2.24. The smallest absolute Gasteiger partial charge is 0.0322 e. The van der Waals surface area contributed by atoms with Crippen molar-refractivity contribution in [2.45, 2.75) is 71.3 Å². The molecule has 1 fully saturated rings. The number of benzene rings is 1. The van der Waals surface area contributed by atoms with E-state index in [9.17, 15) is 0 Å². The van der Waals surface area contributed by atoms with E-state index in [0.717, 1.165) is 12.5 Å². The Labute approximate surface area is 125 Å². The molecule has 1 nitrogen and oxygen atoms in total. The summed E-state index contributed by atoms with van der Waals surface area (Å²) in [4.78, 5) is 0. The van der Waals surface area contributed by atoms with E-state index in [-0.39, 0.29) is 0 Å². The van der Waals surface area contributed by atoms with Gasteiger partial charge in [-0.05, 0) is 42.9 Å². The van der Waals surface area contributed by atoms with Gasteiger partial charge in [-0.3, -0.25) is 0 Å². The van der Waals surface area contributed by atoms with Gasteiger partial charge in [0.25, 0.3) is 0 Å². The molecule has 0 amide bonds. The lowest BCUT2D eigenvalue weighted by atomic mass is 9.92. The van der Waals surface area contributed by atoms with Crippen LogP contribution in [0.5, 0.6) is 0 Å². The normalized spacial score (nSPS) is 17.5. The van der Waals surface area contributed by atoms with Gasteiger partial charge in [0, 0.05) is 6.04 Å². The van der Waals surface area contributed by atoms with E-state index in [4.69, 9.17) is 0 Å². The highest BCUT2D eigenvalue weighted by atomic mass is 14.9. The molecule has 1 heteroatoms. The summed E-state index contributed by atoms with van der Waals surface area (Å²) in [6, 6.07) is 9.84. The molecular weight excluding hydrogens is 242 g/mol. The third-order valence-electron chi connectivity index (χ3n) is 4.58. The molecule has 1 N–H and O–H groups in total. The third kappa shape index (κ3) is 4.63. The minimum Gasteiger partial charge on any atom is -0.310 e. The Kier molecular flexibility index (Phi) is 6.59. The van der Waals surface area contributed by atoms with Gasteiger partial charge in [0.2, 0.25) is 0 Å². The van der Waals surface area contributed by atoms with Crippen molar-refractivity contribution in [2.75, 3.05) is 6.54 Å². The molecule has 2 rings (SSSR count). The van der Waals surface area contributed by atoms with E-state index in [1.807, 2.05) is 0 Å². The second-order valence-electron chi connectivity index (χ2n) is 6.39. The van der Waals surface area contributed by atoms with Crippen LogP contribution in [0.1, 0.15) is 76.0 Å². The number of hydrogen-bond acceptors (Lipinski definition) is 1. The Balaban J connectivity index is 2.05. The number of rotatable bonds is 8. The quantitative estimate of drug-likeness (QED) is 0.681. The number of nitrogens with one attached hydrogen (secondary N) is 1. The van der Waals surface area contributed by atoms with Crippen molar-refractivity contribution in [2.24, 2.45) is 5.92 Å². The van der Waals surface area contributed by atoms with E-state index < -0.39 is 0 Å². The first kappa shape index (κ1) is 15.6. The molecule has 1 saturated carbocycles. The van der Waals surface area contributed by atoms with E-state index in [1.165, 1.54) is 62.5 Å². The highest BCUT2D eigenvalue weighted by molar-refractivity contribution is 5.26. The molecule has 20 heavy (non-hydrogen) atoms. The van der Waals surface area contributed by atoms with E-state index in [0.29, 0.717) is 6.04 Å². The van der Waals surface area contributed by atoms with Crippen molar-refractivity contribution in [3.8, 4) is 0 Å². The van der Waals surface area contributed by atoms with Crippen LogP contribution in [0.3, 0.4) is 0 Å². The van der Waals surface area contributed by atoms with Gasteiger partial charge in [-0.1, -0.05) is 70.2 Å². The maximum absolute atomic E-state index is 3.78. The van der Waals surface area contributed by atoms with Crippen molar-refractivity contribution in [1.82, 2.24) is 5.32 Å². The molecule has 0 radical (unpaired) electrons. The molecule has 1 aliphatic rings. The molecule has 1 atom stereocenters. The zero-order valence-corrected chi connectivity index (χ0v) is 13.3. The Bertz CT molecular complexity index is 379. The first-order valence-corrected chi connectivity index (χ1v) is 8.65. The van der Waals surface area contributed by atoms with Gasteiger partial charge < -0.3 is 5.32 Å². The average Bonchev–Trinajstić information content (AvgIpc) is 2.97. The second-order valence-corrected chi connectivity index (χ2v) is 6.39. The summed E-state index contributed by atoms with van der Waals surface area (Å²) in [5.74, 6) is 0.944. The lowest BCUT2D eigenvalue weighted by molar-refractivity contribution is 0.395. The highest BCUT2D eigenvalue weighted by Crippen LogP contribution is 2.33. The monoisotopic (exact) mass is 273 g/mol. The summed E-state index contributed by atoms with van der Waals surface area (Å²) in [6.07, 6.45) is 10.8. The standard InChI is InChI=1S/C19H31N/c1-3-8-16-11-7-12-18(14-16)19(20-13-4-2)15-17-9-5-6-10-17/h7,11-12,14,17,19-20H,3-6,8-10,13,15H2,1-2H3. The first-order chi connectivity index (χ1) is 9.83. The van der Waals surface area contributed by atoms with Crippen molar-refractivity contribution >= 4 is 0 Å². The van der Waals surface area contributed by atoms with E-state index >= 15 is 0 Å². The van der Waals surface area contributed by atoms with Crippen LogP contribution in [-0.2, 0) is 6.42 Å². The first-order valence-electron chi connectivity index (χ1n) is 8.65. The fourth-order valence-electron chi connectivity index (χ4n) is 3.49. The van der Waals surface area contributed by atoms with Crippen molar-refractivity contribution < 1.29 is 0 Å². The van der Waals surface area contributed by atoms with Crippen LogP contribution in [-0.4, -0.2) is 6.54 Å². The van der Waals surface area contributed by atoms with E-state index in [2.05, 4.69) is 43.4 Å². The topological polar surface area (TPSA) is 12.0 Å². The predicted molar refractivity (Wildman–Crippen MR) is 88.0 cm³/mol. The van der Waals surface area contributed by atoms with Crippen LogP contribution in [0, 0.1) is 5.92 Å². The lowest BCUT2D eigenvalue weighted by Gasteiger charge is -2.23. The Morgan fingerprint density at radius 3 is 2.65 bits per heavy atom. The largest absolute Gasteiger partial charge is 0.310 e. The average molecular weight is 273 g/mol. The zero-order chi connectivity index (χ0) is 14.2. The molecule has 0 bridgehead atoms. The second kappa shape index (κ2) is 8.46. The molecule has 0 aliphatic heterocycles. The SMILES string of the molecule is CCCNC(CC1CCCC1)c1cccc(CCC)c1. The van der Waals surface area contributed by atoms with Crippen LogP contribution >= 0.6 is 0 Å². The Hall–Kier alpha value is -0.820. The van der Waals surface area contributed by atoms with Gasteiger partial charge >= 0.3 is 0 Å². The van der Waals surface area contributed by atoms with Gasteiger partial charge in [0.05, 0.1) is 0 Å². The van der Waals surface area contributed by atoms with Crippen LogP contribution in [0.15, 0.2) is 24.3 Å². The predicted octanol–water partition coefficient (Wildman–Crippen LogP) is 5.26. The molecule has 1 unspecified atom stereocenters. The van der Waals surface area contributed by atoms with Gasteiger partial charge in [0.1, 0.15) is 0 Å². The molecule has 112 valence electrons. The summed E-state index contributed by atoms with van der Waals surface area (Å²) < 4.78 is 0. The number of hydrogen-bond donors (Lipinski definition) is 1. The summed E-state index contributed by atoms with van der Waals surface area (Å²) >= 11 is 0. The zero-order valence-electron chi connectivity index (χ0n) is 13.3. The fraction of sp³-hybridized carbons (Fsp3) is 0.684. The van der Waals surface area contributed by atoms with Gasteiger partial charge in [-0.2, -0.15) is 0 Å².